The Morgan fingerprint density at radius 3 is 2.57 bits per heavy atom. The van der Waals surface area contributed by atoms with Crippen LogP contribution in [0.15, 0.2) is 0 Å². The van der Waals surface area contributed by atoms with Gasteiger partial charge in [-0.15, -0.1) is 12.4 Å². The first-order chi connectivity index (χ1) is 9.56. The van der Waals surface area contributed by atoms with E-state index in [1.54, 1.807) is 0 Å². The number of rotatable bonds is 4. The van der Waals surface area contributed by atoms with Crippen molar-refractivity contribution in [1.29, 1.82) is 0 Å². The molecule has 0 radical (unpaired) electrons. The predicted octanol–water partition coefficient (Wildman–Crippen LogP) is -0.606. The van der Waals surface area contributed by atoms with E-state index in [4.69, 9.17) is 5.73 Å². The van der Waals surface area contributed by atoms with Crippen LogP contribution in [0.25, 0.3) is 0 Å². The standard InChI is InChI=1S/C13H22N4O3.ClH/c14-9(6-8-4-2-1-3-5-8)12(19)17-11-13(20)16-10(18)7-15-11;/h8-9,11,15H,1-7,14H2,(H,17,19)(H,16,18,20);1H/t9-,11?;/m0./s1. The number of imide groups is 1. The molecule has 1 heterocycles. The van der Waals surface area contributed by atoms with E-state index in [0.717, 1.165) is 12.8 Å². The van der Waals surface area contributed by atoms with E-state index in [1.807, 2.05) is 0 Å². The van der Waals surface area contributed by atoms with Crippen LogP contribution in [0.4, 0.5) is 0 Å². The normalized spacial score (nSPS) is 24.7. The molecule has 7 nitrogen and oxygen atoms in total. The maximum Gasteiger partial charge on any atom is 0.264 e. The topological polar surface area (TPSA) is 113 Å². The molecule has 1 saturated carbocycles. The van der Waals surface area contributed by atoms with Crippen LogP contribution in [0, 0.1) is 5.92 Å². The summed E-state index contributed by atoms with van der Waals surface area (Å²) in [6.45, 7) is 0.00848. The number of hydrogen-bond acceptors (Lipinski definition) is 5. The molecule has 0 bridgehead atoms. The lowest BCUT2D eigenvalue weighted by molar-refractivity contribution is -0.138. The Bertz CT molecular complexity index is 399. The monoisotopic (exact) mass is 318 g/mol. The highest BCUT2D eigenvalue weighted by Gasteiger charge is 2.29. The molecule has 1 saturated heterocycles. The molecule has 2 atom stereocenters. The molecule has 2 fully saturated rings. The fourth-order valence-corrected chi connectivity index (χ4v) is 2.80. The molecule has 0 spiro atoms. The zero-order valence-electron chi connectivity index (χ0n) is 11.9. The van der Waals surface area contributed by atoms with Gasteiger partial charge >= 0.3 is 0 Å². The van der Waals surface area contributed by atoms with Gasteiger partial charge in [-0.3, -0.25) is 25.0 Å². The average Bonchev–Trinajstić information content (AvgIpc) is 2.43. The van der Waals surface area contributed by atoms with Crippen molar-refractivity contribution in [3.63, 3.8) is 0 Å². The van der Waals surface area contributed by atoms with Gasteiger partial charge in [0.25, 0.3) is 5.91 Å². The third-order valence-electron chi connectivity index (χ3n) is 3.93. The highest BCUT2D eigenvalue weighted by molar-refractivity contribution is 6.02. The van der Waals surface area contributed by atoms with E-state index in [1.165, 1.54) is 19.3 Å². The Labute approximate surface area is 130 Å². The molecule has 1 unspecified atom stereocenters. The lowest BCUT2D eigenvalue weighted by Gasteiger charge is -2.27. The van der Waals surface area contributed by atoms with E-state index < -0.39 is 24.0 Å². The van der Waals surface area contributed by atoms with Crippen molar-refractivity contribution in [3.8, 4) is 0 Å². The number of hydrogen-bond donors (Lipinski definition) is 4. The number of amides is 3. The summed E-state index contributed by atoms with van der Waals surface area (Å²) in [7, 11) is 0. The van der Waals surface area contributed by atoms with Crippen LogP contribution >= 0.6 is 12.4 Å². The van der Waals surface area contributed by atoms with Crippen molar-refractivity contribution in [1.82, 2.24) is 16.0 Å². The van der Waals surface area contributed by atoms with Crippen molar-refractivity contribution in [3.05, 3.63) is 0 Å². The summed E-state index contributed by atoms with van der Waals surface area (Å²) >= 11 is 0. The molecule has 8 heteroatoms. The quantitative estimate of drug-likeness (QED) is 0.517. The second kappa shape index (κ2) is 8.31. The lowest BCUT2D eigenvalue weighted by atomic mass is 9.85. The van der Waals surface area contributed by atoms with Crippen LogP contribution in [0.2, 0.25) is 0 Å². The van der Waals surface area contributed by atoms with Crippen molar-refractivity contribution in [2.45, 2.75) is 50.7 Å². The van der Waals surface area contributed by atoms with Crippen molar-refractivity contribution in [2.75, 3.05) is 6.54 Å². The Morgan fingerprint density at radius 2 is 1.95 bits per heavy atom. The van der Waals surface area contributed by atoms with Gasteiger partial charge in [-0.25, -0.2) is 0 Å². The summed E-state index contributed by atoms with van der Waals surface area (Å²) in [6.07, 6.45) is 5.69. The van der Waals surface area contributed by atoms with Gasteiger partial charge in [0.15, 0.2) is 6.17 Å². The Kier molecular flexibility index (Phi) is 7.07. The van der Waals surface area contributed by atoms with Crippen molar-refractivity contribution < 1.29 is 14.4 Å². The van der Waals surface area contributed by atoms with E-state index >= 15 is 0 Å². The van der Waals surface area contributed by atoms with E-state index in [0.29, 0.717) is 12.3 Å². The average molecular weight is 319 g/mol. The van der Waals surface area contributed by atoms with E-state index in [9.17, 15) is 14.4 Å². The predicted molar refractivity (Wildman–Crippen MR) is 79.5 cm³/mol. The van der Waals surface area contributed by atoms with E-state index in [-0.39, 0.29) is 24.9 Å². The van der Waals surface area contributed by atoms with Crippen LogP contribution in [-0.2, 0) is 14.4 Å². The van der Waals surface area contributed by atoms with Crippen LogP contribution in [0.5, 0.6) is 0 Å². The minimum Gasteiger partial charge on any atom is -0.331 e. The Balaban J connectivity index is 0.00000220. The Hall–Kier alpha value is -1.18. The fourth-order valence-electron chi connectivity index (χ4n) is 2.80. The zero-order chi connectivity index (χ0) is 14.5. The first kappa shape index (κ1) is 17.9. The molecule has 0 aromatic heterocycles. The number of nitrogens with one attached hydrogen (secondary N) is 3. The van der Waals surface area contributed by atoms with Gasteiger partial charge in [-0.05, 0) is 12.3 Å². The van der Waals surface area contributed by atoms with Gasteiger partial charge in [-0.1, -0.05) is 32.1 Å². The molecule has 2 rings (SSSR count). The van der Waals surface area contributed by atoms with Gasteiger partial charge in [0.05, 0.1) is 12.6 Å². The van der Waals surface area contributed by atoms with Gasteiger partial charge in [0, 0.05) is 0 Å². The third-order valence-corrected chi connectivity index (χ3v) is 3.93. The molecule has 120 valence electrons. The molecule has 1 aliphatic heterocycles. The summed E-state index contributed by atoms with van der Waals surface area (Å²) in [6, 6.07) is -0.606. The number of carbonyl (C=O) groups excluding carboxylic acids is 3. The van der Waals surface area contributed by atoms with E-state index in [2.05, 4.69) is 16.0 Å². The van der Waals surface area contributed by atoms with Gasteiger partial charge in [-0.2, -0.15) is 0 Å². The lowest BCUT2D eigenvalue weighted by Crippen LogP contribution is -2.64. The minimum absolute atomic E-state index is 0. The molecule has 3 amide bonds. The largest absolute Gasteiger partial charge is 0.331 e. The maximum atomic E-state index is 12.0. The fraction of sp³-hybridized carbons (Fsp3) is 0.769. The van der Waals surface area contributed by atoms with Crippen molar-refractivity contribution in [2.24, 2.45) is 11.7 Å². The molecule has 1 aliphatic carbocycles. The number of halogens is 1. The second-order valence-electron chi connectivity index (χ2n) is 5.58. The first-order valence-corrected chi connectivity index (χ1v) is 7.19. The van der Waals surface area contributed by atoms with Crippen LogP contribution in [-0.4, -0.2) is 36.5 Å². The third kappa shape index (κ3) is 5.26. The summed E-state index contributed by atoms with van der Waals surface area (Å²) in [4.78, 5) is 34.4. The molecule has 0 aromatic rings. The van der Waals surface area contributed by atoms with Crippen LogP contribution in [0.1, 0.15) is 38.5 Å². The highest BCUT2D eigenvalue weighted by atomic mass is 35.5. The van der Waals surface area contributed by atoms with Gasteiger partial charge in [0.1, 0.15) is 0 Å². The molecular weight excluding hydrogens is 296 g/mol. The van der Waals surface area contributed by atoms with Crippen LogP contribution < -0.4 is 21.7 Å². The first-order valence-electron chi connectivity index (χ1n) is 7.19. The molecule has 2 aliphatic rings. The van der Waals surface area contributed by atoms with Crippen molar-refractivity contribution >= 4 is 30.1 Å². The second-order valence-corrected chi connectivity index (χ2v) is 5.58. The zero-order valence-corrected chi connectivity index (χ0v) is 12.7. The number of piperazine rings is 1. The smallest absolute Gasteiger partial charge is 0.264 e. The molecule has 0 aromatic carbocycles. The number of nitrogens with two attached hydrogens (primary N) is 1. The SMILES string of the molecule is Cl.N[C@@H](CC1CCCCC1)C(=O)NC1NCC(=O)NC1=O. The summed E-state index contributed by atoms with van der Waals surface area (Å²) in [5.41, 5.74) is 5.90. The number of carbonyl (C=O) groups is 3. The van der Waals surface area contributed by atoms with Gasteiger partial charge < -0.3 is 11.1 Å². The summed E-state index contributed by atoms with van der Waals surface area (Å²) < 4.78 is 0. The maximum absolute atomic E-state index is 12.0. The van der Waals surface area contributed by atoms with Gasteiger partial charge in [0.2, 0.25) is 11.8 Å². The van der Waals surface area contributed by atoms with Crippen LogP contribution in [0.3, 0.4) is 0 Å². The Morgan fingerprint density at radius 1 is 1.29 bits per heavy atom. The summed E-state index contributed by atoms with van der Waals surface area (Å²) in [5, 5.41) is 7.36. The highest BCUT2D eigenvalue weighted by Crippen LogP contribution is 2.26. The summed E-state index contributed by atoms with van der Waals surface area (Å²) in [5.74, 6) is -0.789. The molecule has 5 N–H and O–H groups in total. The molecular formula is C13H23ClN4O3. The minimum atomic E-state index is -0.877. The molecule has 21 heavy (non-hydrogen) atoms.